The summed E-state index contributed by atoms with van der Waals surface area (Å²) in [6.07, 6.45) is 8.39. The highest BCUT2D eigenvalue weighted by Gasteiger charge is 2.61. The summed E-state index contributed by atoms with van der Waals surface area (Å²) in [7, 11) is 0. The van der Waals surface area contributed by atoms with Gasteiger partial charge in [0.1, 0.15) is 5.78 Å². The van der Waals surface area contributed by atoms with Crippen LogP contribution in [0.4, 0.5) is 0 Å². The maximum Gasteiger partial charge on any atom is 0.335 e. The van der Waals surface area contributed by atoms with Crippen molar-refractivity contribution in [2.45, 2.75) is 84.7 Å². The zero-order valence-corrected chi connectivity index (χ0v) is 17.2. The summed E-state index contributed by atoms with van der Waals surface area (Å²) in [5, 5.41) is 10.7. The predicted molar refractivity (Wildman–Crippen MR) is 103 cm³/mol. The first-order valence-electron chi connectivity index (χ1n) is 11.2. The van der Waals surface area contributed by atoms with E-state index >= 15 is 0 Å². The van der Waals surface area contributed by atoms with Gasteiger partial charge in [-0.1, -0.05) is 13.8 Å². The third kappa shape index (κ3) is 2.89. The van der Waals surface area contributed by atoms with Crippen molar-refractivity contribution in [2.24, 2.45) is 40.4 Å². The lowest BCUT2D eigenvalue weighted by molar-refractivity contribution is -0.163. The van der Waals surface area contributed by atoms with E-state index in [9.17, 15) is 14.7 Å². The fourth-order valence-corrected chi connectivity index (χ4v) is 8.00. The summed E-state index contributed by atoms with van der Waals surface area (Å²) in [6.45, 7) is 6.91. The topological polar surface area (TPSA) is 63.6 Å². The molecule has 0 aliphatic heterocycles. The van der Waals surface area contributed by atoms with Crippen LogP contribution in [0.15, 0.2) is 0 Å². The number of hydrogen-bond acceptors (Lipinski definition) is 4. The Morgan fingerprint density at radius 1 is 1.11 bits per heavy atom. The molecule has 4 rings (SSSR count). The van der Waals surface area contributed by atoms with E-state index in [4.69, 9.17) is 4.74 Å². The summed E-state index contributed by atoms with van der Waals surface area (Å²) < 4.78 is 5.12. The van der Waals surface area contributed by atoms with E-state index < -0.39 is 12.1 Å². The van der Waals surface area contributed by atoms with Gasteiger partial charge in [0, 0.05) is 18.8 Å². The van der Waals surface area contributed by atoms with Crippen molar-refractivity contribution in [3.8, 4) is 0 Å². The number of hydrogen-bond donors (Lipinski definition) is 1. The van der Waals surface area contributed by atoms with Gasteiger partial charge in [-0.3, -0.25) is 4.79 Å². The summed E-state index contributed by atoms with van der Waals surface area (Å²) in [4.78, 5) is 24.2. The third-order valence-corrected chi connectivity index (χ3v) is 9.46. The van der Waals surface area contributed by atoms with Crippen molar-refractivity contribution in [1.29, 1.82) is 0 Å². The maximum atomic E-state index is 12.2. The Hall–Kier alpha value is -0.900. The highest BCUT2D eigenvalue weighted by atomic mass is 16.5. The Balaban J connectivity index is 1.55. The number of aliphatic hydroxyl groups excluding tert-OH is 1. The van der Waals surface area contributed by atoms with Crippen molar-refractivity contribution in [2.75, 3.05) is 6.61 Å². The van der Waals surface area contributed by atoms with Gasteiger partial charge in [0.05, 0.1) is 6.61 Å². The fourth-order valence-electron chi connectivity index (χ4n) is 8.00. The largest absolute Gasteiger partial charge is 0.464 e. The normalized spacial score (nSPS) is 47.6. The first kappa shape index (κ1) is 19.4. The quantitative estimate of drug-likeness (QED) is 0.752. The van der Waals surface area contributed by atoms with Gasteiger partial charge in [0.15, 0.2) is 6.10 Å². The van der Waals surface area contributed by atoms with Crippen molar-refractivity contribution < 1.29 is 19.4 Å². The molecule has 152 valence electrons. The number of ketones is 1. The molecule has 4 aliphatic carbocycles. The number of aliphatic hydroxyl groups is 1. The zero-order chi connectivity index (χ0) is 19.4. The monoisotopic (exact) mass is 376 g/mol. The van der Waals surface area contributed by atoms with Crippen LogP contribution in [0.3, 0.4) is 0 Å². The number of ether oxygens (including phenoxy) is 1. The van der Waals surface area contributed by atoms with Gasteiger partial charge in [0.2, 0.25) is 0 Å². The summed E-state index contributed by atoms with van der Waals surface area (Å²) in [5.74, 6) is 2.63. The first-order chi connectivity index (χ1) is 12.8. The van der Waals surface area contributed by atoms with E-state index in [-0.39, 0.29) is 11.3 Å². The molecule has 8 atom stereocenters. The molecule has 0 spiro atoms. The molecule has 4 fully saturated rings. The summed E-state index contributed by atoms with van der Waals surface area (Å²) in [5.41, 5.74) is 0.358. The Labute approximate surface area is 163 Å². The van der Waals surface area contributed by atoms with Crippen LogP contribution in [0, 0.1) is 40.4 Å². The van der Waals surface area contributed by atoms with Gasteiger partial charge in [-0.25, -0.2) is 4.79 Å². The standard InChI is InChI=1S/C23H36O4/c1-4-27-21(26)20(25)19-8-7-17-16-6-5-14-13-15(24)9-11-22(14,2)18(16)10-12-23(17,19)3/h14,16-20,25H,4-13H2,1-3H3/t14-,16-,17-,18-,19+,20?,22-,23-/m0/s1. The molecule has 0 saturated heterocycles. The molecule has 4 saturated carbocycles. The minimum atomic E-state index is -0.976. The molecule has 27 heavy (non-hydrogen) atoms. The summed E-state index contributed by atoms with van der Waals surface area (Å²) >= 11 is 0. The van der Waals surface area contributed by atoms with Crippen LogP contribution in [0.25, 0.3) is 0 Å². The average molecular weight is 377 g/mol. The molecular formula is C23H36O4. The van der Waals surface area contributed by atoms with Crippen LogP contribution in [-0.2, 0) is 14.3 Å². The fraction of sp³-hybridized carbons (Fsp3) is 0.913. The molecule has 0 aromatic carbocycles. The second kappa shape index (κ2) is 6.86. The Bertz CT molecular complexity index is 615. The molecule has 0 heterocycles. The molecule has 1 unspecified atom stereocenters. The van der Waals surface area contributed by atoms with E-state index in [1.54, 1.807) is 6.92 Å². The zero-order valence-electron chi connectivity index (χ0n) is 17.2. The minimum absolute atomic E-state index is 0.0287. The van der Waals surface area contributed by atoms with E-state index in [0.29, 0.717) is 41.5 Å². The van der Waals surface area contributed by atoms with E-state index in [0.717, 1.165) is 38.5 Å². The van der Waals surface area contributed by atoms with Gasteiger partial charge in [-0.05, 0) is 86.4 Å². The number of fused-ring (bicyclic) bond motifs is 5. The lowest BCUT2D eigenvalue weighted by Crippen LogP contribution is -2.54. The molecule has 1 N–H and O–H groups in total. The lowest BCUT2D eigenvalue weighted by Gasteiger charge is -2.60. The Morgan fingerprint density at radius 2 is 1.85 bits per heavy atom. The van der Waals surface area contributed by atoms with Crippen LogP contribution in [0.2, 0.25) is 0 Å². The molecule has 4 heteroatoms. The van der Waals surface area contributed by atoms with E-state index in [1.807, 2.05) is 0 Å². The van der Waals surface area contributed by atoms with E-state index in [2.05, 4.69) is 13.8 Å². The number of esters is 1. The SMILES string of the molecule is CCOC(=O)C(O)[C@H]1CC[C@H]2[C@@H]3CC[C@H]4CC(=O)CC[C@]4(C)[C@H]3CC[C@]12C. The lowest BCUT2D eigenvalue weighted by atomic mass is 9.44. The van der Waals surface area contributed by atoms with Crippen LogP contribution in [0.1, 0.15) is 78.6 Å². The number of carbonyl (C=O) groups excluding carboxylic acids is 2. The van der Waals surface area contributed by atoms with Gasteiger partial charge >= 0.3 is 5.97 Å². The molecular weight excluding hydrogens is 340 g/mol. The second-order valence-electron chi connectivity index (χ2n) is 10.3. The summed E-state index contributed by atoms with van der Waals surface area (Å²) in [6, 6.07) is 0. The Morgan fingerprint density at radius 3 is 2.59 bits per heavy atom. The van der Waals surface area contributed by atoms with Crippen molar-refractivity contribution in [1.82, 2.24) is 0 Å². The van der Waals surface area contributed by atoms with Crippen molar-refractivity contribution in [3.63, 3.8) is 0 Å². The smallest absolute Gasteiger partial charge is 0.335 e. The van der Waals surface area contributed by atoms with Gasteiger partial charge in [0.25, 0.3) is 0 Å². The number of Topliss-reactive ketones (excluding diaryl/α,β-unsaturated/α-hetero) is 1. The number of carbonyl (C=O) groups is 2. The highest BCUT2D eigenvalue weighted by Crippen LogP contribution is 2.67. The molecule has 0 aromatic rings. The molecule has 4 aliphatic rings. The van der Waals surface area contributed by atoms with Crippen LogP contribution in [-0.4, -0.2) is 29.6 Å². The minimum Gasteiger partial charge on any atom is -0.464 e. The van der Waals surface area contributed by atoms with Crippen LogP contribution >= 0.6 is 0 Å². The van der Waals surface area contributed by atoms with Gasteiger partial charge < -0.3 is 9.84 Å². The van der Waals surface area contributed by atoms with Crippen LogP contribution in [0.5, 0.6) is 0 Å². The second-order valence-corrected chi connectivity index (χ2v) is 10.3. The van der Waals surface area contributed by atoms with Crippen LogP contribution < -0.4 is 0 Å². The number of rotatable bonds is 3. The van der Waals surface area contributed by atoms with Gasteiger partial charge in [-0.15, -0.1) is 0 Å². The predicted octanol–water partition coefficient (Wildman–Crippen LogP) is 4.14. The molecule has 0 amide bonds. The first-order valence-corrected chi connectivity index (χ1v) is 11.2. The van der Waals surface area contributed by atoms with Crippen molar-refractivity contribution >= 4 is 11.8 Å². The molecule has 4 nitrogen and oxygen atoms in total. The van der Waals surface area contributed by atoms with Gasteiger partial charge in [-0.2, -0.15) is 0 Å². The third-order valence-electron chi connectivity index (χ3n) is 9.46. The molecule has 0 radical (unpaired) electrons. The maximum absolute atomic E-state index is 12.2. The molecule has 0 bridgehead atoms. The Kier molecular flexibility index (Phi) is 4.93. The van der Waals surface area contributed by atoms with E-state index in [1.165, 1.54) is 19.3 Å². The average Bonchev–Trinajstić information content (AvgIpc) is 2.99. The highest BCUT2D eigenvalue weighted by molar-refractivity contribution is 5.79. The van der Waals surface area contributed by atoms with Crippen molar-refractivity contribution in [3.05, 3.63) is 0 Å². The molecule has 0 aromatic heterocycles.